The highest BCUT2D eigenvalue weighted by atomic mass is 16.8. The molecule has 1 amide bonds. The van der Waals surface area contributed by atoms with E-state index in [1.165, 1.54) is 89.9 Å². The summed E-state index contributed by atoms with van der Waals surface area (Å²) in [5, 5.41) is 77.0. The largest absolute Gasteiger partial charge is 0.394 e. The Morgan fingerprint density at radius 3 is 1.81 bits per heavy atom. The Kier molecular flexibility index (Phi) is 18.4. The van der Waals surface area contributed by atoms with Gasteiger partial charge in [-0.05, 0) is 86.0 Å². The van der Waals surface area contributed by atoms with Crippen LogP contribution < -0.4 is 5.32 Å². The van der Waals surface area contributed by atoms with Gasteiger partial charge in [-0.2, -0.15) is 0 Å². The fourth-order valence-corrected chi connectivity index (χ4v) is 13.7. The lowest BCUT2D eigenvalue weighted by molar-refractivity contribution is -0.378. The van der Waals surface area contributed by atoms with Crippen LogP contribution in [0.3, 0.4) is 0 Å². The molecule has 4 aliphatic carbocycles. The first-order chi connectivity index (χ1) is 30.2. The SMILES string of the molecule is C=C1C[C@@]23CC[C@H]4[C@@](C)(CCC[C@@]4(C)C(=O)NCCCCCCCCCCCCCCCCCC)[C@@H]2CC[C@]1(O[C@@H]1O[C@H](CO)[C@@H](O)[C@H](O)[C@H]1O[C@@H]1O[C@H](CO)[C@@H](O)[C@H](O)[C@H]1O)C3. The Morgan fingerprint density at radius 2 is 1.22 bits per heavy atom. The number of carbonyl (C=O) groups excluding carboxylic acids is 1. The third-order valence-electron chi connectivity index (χ3n) is 17.3. The zero-order chi connectivity index (χ0) is 45.4. The number of amides is 1. The number of hydrogen-bond acceptors (Lipinski definition) is 12. The minimum atomic E-state index is -1.75. The average molecular weight is 894 g/mol. The molecule has 6 rings (SSSR count). The van der Waals surface area contributed by atoms with E-state index in [-0.39, 0.29) is 22.7 Å². The number of rotatable bonds is 24. The first kappa shape index (κ1) is 51.2. The normalized spacial score (nSPS) is 42.5. The van der Waals surface area contributed by atoms with Crippen molar-refractivity contribution in [3.63, 3.8) is 0 Å². The minimum Gasteiger partial charge on any atom is -0.394 e. The van der Waals surface area contributed by atoms with Crippen LogP contribution in [0.5, 0.6) is 0 Å². The lowest BCUT2D eigenvalue weighted by Gasteiger charge is -2.64. The van der Waals surface area contributed by atoms with E-state index < -0.39 is 85.6 Å². The number of unbranched alkanes of at least 4 members (excludes halogenated alkanes) is 15. The topological polar surface area (TPSA) is 208 Å². The zero-order valence-corrected chi connectivity index (χ0v) is 39.1. The average Bonchev–Trinajstić information content (AvgIpc) is 3.46. The number of aliphatic hydroxyl groups is 7. The van der Waals surface area contributed by atoms with Gasteiger partial charge < -0.3 is 60.0 Å². The van der Waals surface area contributed by atoms with Gasteiger partial charge in [-0.1, -0.05) is 130 Å². The molecule has 0 radical (unpaired) electrons. The third-order valence-corrected chi connectivity index (χ3v) is 17.3. The Hall–Kier alpha value is -1.23. The van der Waals surface area contributed by atoms with Crippen LogP contribution in [0.15, 0.2) is 12.2 Å². The highest BCUT2D eigenvalue weighted by Gasteiger charge is 2.69. The lowest BCUT2D eigenvalue weighted by Crippen LogP contribution is -2.65. The molecule has 8 N–H and O–H groups in total. The predicted octanol–water partition coefficient (Wildman–Crippen LogP) is 6.10. The molecule has 2 aliphatic heterocycles. The van der Waals surface area contributed by atoms with Crippen molar-refractivity contribution >= 4 is 5.91 Å². The van der Waals surface area contributed by atoms with Gasteiger partial charge >= 0.3 is 0 Å². The summed E-state index contributed by atoms with van der Waals surface area (Å²) in [6.45, 7) is 10.9. The van der Waals surface area contributed by atoms with Gasteiger partial charge in [-0.3, -0.25) is 4.79 Å². The third kappa shape index (κ3) is 11.1. The van der Waals surface area contributed by atoms with Crippen LogP contribution in [0.25, 0.3) is 0 Å². The molecule has 2 bridgehead atoms. The Morgan fingerprint density at radius 1 is 0.683 bits per heavy atom. The van der Waals surface area contributed by atoms with Crippen LogP contribution in [-0.4, -0.2) is 128 Å². The van der Waals surface area contributed by atoms with Gasteiger partial charge in [0.05, 0.1) is 18.8 Å². The van der Waals surface area contributed by atoms with Crippen molar-refractivity contribution in [2.45, 2.75) is 248 Å². The van der Waals surface area contributed by atoms with E-state index >= 15 is 0 Å². The number of carbonyl (C=O) groups is 1. The van der Waals surface area contributed by atoms with E-state index in [4.69, 9.17) is 18.9 Å². The van der Waals surface area contributed by atoms with Gasteiger partial charge in [0.2, 0.25) is 5.91 Å². The van der Waals surface area contributed by atoms with E-state index in [2.05, 4.69) is 32.7 Å². The van der Waals surface area contributed by atoms with Crippen molar-refractivity contribution in [3.8, 4) is 0 Å². The second-order valence-electron chi connectivity index (χ2n) is 21.5. The predicted molar refractivity (Wildman–Crippen MR) is 239 cm³/mol. The number of fused-ring (bicyclic) bond motifs is 3. The highest BCUT2D eigenvalue weighted by molar-refractivity contribution is 5.83. The van der Waals surface area contributed by atoms with E-state index in [0.717, 1.165) is 69.9 Å². The molecule has 16 atom stereocenters. The zero-order valence-electron chi connectivity index (χ0n) is 39.1. The maximum absolute atomic E-state index is 14.2. The molecule has 4 saturated carbocycles. The molecule has 0 aromatic rings. The van der Waals surface area contributed by atoms with Gasteiger partial charge in [0.1, 0.15) is 48.8 Å². The van der Waals surface area contributed by atoms with Crippen LogP contribution >= 0.6 is 0 Å². The van der Waals surface area contributed by atoms with Crippen molar-refractivity contribution in [2.24, 2.45) is 28.1 Å². The Balaban J connectivity index is 0.999. The number of aliphatic hydroxyl groups excluding tert-OH is 7. The summed E-state index contributed by atoms with van der Waals surface area (Å²) >= 11 is 0. The van der Waals surface area contributed by atoms with E-state index in [9.17, 15) is 40.5 Å². The summed E-state index contributed by atoms with van der Waals surface area (Å²) in [7, 11) is 0. The summed E-state index contributed by atoms with van der Waals surface area (Å²) in [5.74, 6) is 0.805. The van der Waals surface area contributed by atoms with E-state index in [1.54, 1.807) is 0 Å². The molecular weight excluding hydrogens is 807 g/mol. The minimum absolute atomic E-state index is 0.0496. The first-order valence-corrected chi connectivity index (χ1v) is 25.4. The number of nitrogens with one attached hydrogen (secondary N) is 1. The molecule has 63 heavy (non-hydrogen) atoms. The second kappa shape index (κ2) is 22.7. The van der Waals surface area contributed by atoms with Crippen molar-refractivity contribution in [1.29, 1.82) is 0 Å². The molecule has 6 aliphatic rings. The highest BCUT2D eigenvalue weighted by Crippen LogP contribution is 2.73. The number of ether oxygens (including phenoxy) is 4. The summed E-state index contributed by atoms with van der Waals surface area (Å²) in [6.07, 6.45) is 13.8. The fraction of sp³-hybridized carbons (Fsp3) is 0.940. The van der Waals surface area contributed by atoms with Crippen molar-refractivity contribution in [2.75, 3.05) is 19.8 Å². The molecule has 0 unspecified atom stereocenters. The van der Waals surface area contributed by atoms with Crippen molar-refractivity contribution in [3.05, 3.63) is 12.2 Å². The quantitative estimate of drug-likeness (QED) is 0.0315. The maximum Gasteiger partial charge on any atom is 0.226 e. The van der Waals surface area contributed by atoms with Crippen LogP contribution in [0.4, 0.5) is 0 Å². The smallest absolute Gasteiger partial charge is 0.226 e. The first-order valence-electron chi connectivity index (χ1n) is 25.4. The van der Waals surface area contributed by atoms with Gasteiger partial charge in [0, 0.05) is 12.0 Å². The van der Waals surface area contributed by atoms with Crippen molar-refractivity contribution in [1.82, 2.24) is 5.32 Å². The molecule has 13 nitrogen and oxygen atoms in total. The molecule has 364 valence electrons. The molecule has 0 aromatic carbocycles. The lowest BCUT2D eigenvalue weighted by atomic mass is 9.40. The van der Waals surface area contributed by atoms with E-state index in [1.807, 2.05) is 0 Å². The molecule has 13 heteroatoms. The summed E-state index contributed by atoms with van der Waals surface area (Å²) in [6, 6.07) is 0. The standard InChI is InChI=1S/C50H87NO12/c1-5-6-7-8-9-10-11-12-13-14-15-16-17-18-19-20-28-51-46(59)48(4)25-21-24-47(3)36(48)22-26-49-29-33(2)50(32-49,27-23-37(47)49)63-45-43(41(57)39(55)35(31-53)61-45)62-44-42(58)40(56)38(54)34(30-52)60-44/h34-45,52-58H,2,5-32H2,1,3-4H3,(H,51,59)/t34-,35-,36+,37+,38-,39-,40+,41+,42-,43-,44+,45+,47-,48-,49-,50+/m1/s1. The summed E-state index contributed by atoms with van der Waals surface area (Å²) in [4.78, 5) is 14.2. The van der Waals surface area contributed by atoms with Gasteiger partial charge in [-0.25, -0.2) is 0 Å². The van der Waals surface area contributed by atoms with Crippen molar-refractivity contribution < 1.29 is 59.5 Å². The van der Waals surface area contributed by atoms with Crippen LogP contribution in [-0.2, 0) is 23.7 Å². The number of hydrogen-bond donors (Lipinski definition) is 8. The van der Waals surface area contributed by atoms with Gasteiger partial charge in [0.25, 0.3) is 0 Å². The molecule has 2 heterocycles. The van der Waals surface area contributed by atoms with Crippen LogP contribution in [0.2, 0.25) is 0 Å². The molecular formula is C50H87NO12. The van der Waals surface area contributed by atoms with Crippen LogP contribution in [0, 0.1) is 28.1 Å². The molecule has 6 fully saturated rings. The maximum atomic E-state index is 14.2. The van der Waals surface area contributed by atoms with Gasteiger partial charge in [0.15, 0.2) is 12.6 Å². The molecule has 1 spiro atoms. The fourth-order valence-electron chi connectivity index (χ4n) is 13.7. The second-order valence-corrected chi connectivity index (χ2v) is 21.5. The van der Waals surface area contributed by atoms with Crippen LogP contribution in [0.1, 0.15) is 181 Å². The Bertz CT molecular complexity index is 1450. The van der Waals surface area contributed by atoms with Gasteiger partial charge in [-0.15, -0.1) is 0 Å². The molecule has 2 saturated heterocycles. The summed E-state index contributed by atoms with van der Waals surface area (Å²) < 4.78 is 24.6. The molecule has 0 aromatic heterocycles. The van der Waals surface area contributed by atoms with E-state index in [0.29, 0.717) is 18.8 Å². The summed E-state index contributed by atoms with van der Waals surface area (Å²) in [5.41, 5.74) is -0.540. The monoisotopic (exact) mass is 894 g/mol. The Labute approximate surface area is 378 Å².